The Hall–Kier alpha value is -2.01. The Morgan fingerprint density at radius 2 is 2.14 bits per heavy atom. The second kappa shape index (κ2) is 5.77. The van der Waals surface area contributed by atoms with Crippen molar-refractivity contribution in [2.75, 3.05) is 12.4 Å². The molecule has 0 fully saturated rings. The summed E-state index contributed by atoms with van der Waals surface area (Å²) >= 11 is 3.47. The minimum atomic E-state index is 0.00859. The van der Waals surface area contributed by atoms with Gasteiger partial charge in [-0.25, -0.2) is 4.98 Å². The Bertz CT molecular complexity index is 770. The van der Waals surface area contributed by atoms with Crippen LogP contribution in [0.1, 0.15) is 18.7 Å². The van der Waals surface area contributed by atoms with Gasteiger partial charge in [-0.15, -0.1) is 0 Å². The van der Waals surface area contributed by atoms with E-state index < -0.39 is 0 Å². The fourth-order valence-corrected chi connectivity index (χ4v) is 2.59. The summed E-state index contributed by atoms with van der Waals surface area (Å²) in [6, 6.07) is 11.8. The first kappa shape index (κ1) is 13.9. The average molecular weight is 347 g/mol. The van der Waals surface area contributed by atoms with Crippen LogP contribution in [0.4, 0.5) is 5.69 Å². The number of ether oxygens (including phenoxy) is 1. The highest BCUT2D eigenvalue weighted by Gasteiger charge is 2.14. The van der Waals surface area contributed by atoms with E-state index in [0.717, 1.165) is 26.9 Å². The number of methoxy groups -OCH3 is 1. The monoisotopic (exact) mass is 346 g/mol. The maximum absolute atomic E-state index is 5.89. The van der Waals surface area contributed by atoms with Crippen LogP contribution in [-0.4, -0.2) is 12.1 Å². The minimum absolute atomic E-state index is 0.00859. The number of aromatic nitrogens is 1. The highest BCUT2D eigenvalue weighted by atomic mass is 79.9. The summed E-state index contributed by atoms with van der Waals surface area (Å²) in [4.78, 5) is 4.18. The number of hydrogen-bond donors (Lipinski definition) is 1. The van der Waals surface area contributed by atoms with E-state index in [2.05, 4.69) is 26.2 Å². The Morgan fingerprint density at radius 1 is 1.29 bits per heavy atom. The number of anilines is 1. The van der Waals surface area contributed by atoms with Crippen LogP contribution >= 0.6 is 15.9 Å². The van der Waals surface area contributed by atoms with E-state index in [4.69, 9.17) is 9.15 Å². The summed E-state index contributed by atoms with van der Waals surface area (Å²) in [5, 5.41) is 4.44. The van der Waals surface area contributed by atoms with Crippen molar-refractivity contribution in [1.82, 2.24) is 4.98 Å². The van der Waals surface area contributed by atoms with E-state index in [-0.39, 0.29) is 6.04 Å². The standard InChI is InChI=1S/C16H15BrN2O2/c1-10(19-13-4-3-7-18-16(13)20-2)15-9-11-8-12(17)5-6-14(11)21-15/h3-10,19H,1-2H3. The number of benzene rings is 1. The molecule has 3 aromatic rings. The van der Waals surface area contributed by atoms with Crippen molar-refractivity contribution < 1.29 is 9.15 Å². The van der Waals surface area contributed by atoms with Gasteiger partial charge in [-0.1, -0.05) is 15.9 Å². The number of furan rings is 1. The zero-order chi connectivity index (χ0) is 14.8. The van der Waals surface area contributed by atoms with Gasteiger partial charge >= 0.3 is 0 Å². The number of nitrogens with zero attached hydrogens (tertiary/aromatic N) is 1. The molecular formula is C16H15BrN2O2. The normalized spacial score (nSPS) is 12.3. The van der Waals surface area contributed by atoms with Gasteiger partial charge in [0.25, 0.3) is 0 Å². The number of fused-ring (bicyclic) bond motifs is 1. The van der Waals surface area contributed by atoms with Crippen molar-refractivity contribution in [2.24, 2.45) is 0 Å². The molecule has 108 valence electrons. The van der Waals surface area contributed by atoms with Gasteiger partial charge in [0.15, 0.2) is 0 Å². The van der Waals surface area contributed by atoms with Gasteiger partial charge in [-0.2, -0.15) is 0 Å². The number of hydrogen-bond acceptors (Lipinski definition) is 4. The number of rotatable bonds is 4. The lowest BCUT2D eigenvalue weighted by molar-refractivity contribution is 0.399. The van der Waals surface area contributed by atoms with E-state index in [0.29, 0.717) is 5.88 Å². The van der Waals surface area contributed by atoms with Crippen molar-refractivity contribution in [2.45, 2.75) is 13.0 Å². The highest BCUT2D eigenvalue weighted by molar-refractivity contribution is 9.10. The van der Waals surface area contributed by atoms with Crippen molar-refractivity contribution >= 4 is 32.6 Å². The molecule has 3 rings (SSSR count). The Morgan fingerprint density at radius 3 is 2.95 bits per heavy atom. The maximum Gasteiger partial charge on any atom is 0.237 e. The molecule has 0 saturated heterocycles. The summed E-state index contributed by atoms with van der Waals surface area (Å²) in [7, 11) is 1.61. The number of pyridine rings is 1. The zero-order valence-electron chi connectivity index (χ0n) is 11.8. The molecule has 0 aliphatic rings. The number of halogens is 1. The molecule has 1 atom stereocenters. The molecule has 0 spiro atoms. The molecule has 0 saturated carbocycles. The molecule has 4 nitrogen and oxygen atoms in total. The summed E-state index contributed by atoms with van der Waals surface area (Å²) in [5.74, 6) is 1.44. The second-order valence-electron chi connectivity index (χ2n) is 4.76. The van der Waals surface area contributed by atoms with Gasteiger partial charge in [0.05, 0.1) is 18.8 Å². The van der Waals surface area contributed by atoms with Gasteiger partial charge in [0.2, 0.25) is 5.88 Å². The van der Waals surface area contributed by atoms with E-state index in [9.17, 15) is 0 Å². The molecule has 0 aliphatic carbocycles. The predicted molar refractivity (Wildman–Crippen MR) is 86.7 cm³/mol. The Balaban J connectivity index is 1.88. The van der Waals surface area contributed by atoms with Crippen molar-refractivity contribution in [1.29, 1.82) is 0 Å². The van der Waals surface area contributed by atoms with Crippen LogP contribution in [-0.2, 0) is 0 Å². The van der Waals surface area contributed by atoms with Crippen LogP contribution in [0.25, 0.3) is 11.0 Å². The number of nitrogens with one attached hydrogen (secondary N) is 1. The first-order chi connectivity index (χ1) is 10.2. The largest absolute Gasteiger partial charge is 0.480 e. The summed E-state index contributed by atoms with van der Waals surface area (Å²) in [5.41, 5.74) is 1.72. The average Bonchev–Trinajstić information content (AvgIpc) is 2.91. The van der Waals surface area contributed by atoms with Crippen molar-refractivity contribution in [3.05, 3.63) is 52.8 Å². The van der Waals surface area contributed by atoms with Crippen molar-refractivity contribution in [3.8, 4) is 5.88 Å². The van der Waals surface area contributed by atoms with Crippen molar-refractivity contribution in [3.63, 3.8) is 0 Å². The molecule has 2 heterocycles. The lowest BCUT2D eigenvalue weighted by Gasteiger charge is -2.14. The third-order valence-electron chi connectivity index (χ3n) is 3.26. The summed E-state index contributed by atoms with van der Waals surface area (Å²) < 4.78 is 12.2. The van der Waals surface area contributed by atoms with Crippen LogP contribution in [0.3, 0.4) is 0 Å². The molecule has 1 unspecified atom stereocenters. The quantitative estimate of drug-likeness (QED) is 0.738. The fraction of sp³-hybridized carbons (Fsp3) is 0.188. The topological polar surface area (TPSA) is 47.3 Å². The van der Waals surface area contributed by atoms with E-state index in [1.807, 2.05) is 43.3 Å². The van der Waals surface area contributed by atoms with Crippen LogP contribution in [0, 0.1) is 0 Å². The molecule has 1 N–H and O–H groups in total. The predicted octanol–water partition coefficient (Wildman–Crippen LogP) is 4.77. The lowest BCUT2D eigenvalue weighted by atomic mass is 10.2. The lowest BCUT2D eigenvalue weighted by Crippen LogP contribution is -2.07. The van der Waals surface area contributed by atoms with E-state index in [1.165, 1.54) is 0 Å². The molecule has 0 radical (unpaired) electrons. The third-order valence-corrected chi connectivity index (χ3v) is 3.75. The van der Waals surface area contributed by atoms with Crippen LogP contribution < -0.4 is 10.1 Å². The fourth-order valence-electron chi connectivity index (χ4n) is 2.22. The molecule has 2 aromatic heterocycles. The molecule has 0 bridgehead atoms. The smallest absolute Gasteiger partial charge is 0.237 e. The van der Waals surface area contributed by atoms with E-state index >= 15 is 0 Å². The first-order valence-electron chi connectivity index (χ1n) is 6.62. The van der Waals surface area contributed by atoms with Crippen LogP contribution in [0.15, 0.2) is 51.5 Å². The van der Waals surface area contributed by atoms with E-state index in [1.54, 1.807) is 13.3 Å². The summed E-state index contributed by atoms with van der Waals surface area (Å²) in [6.07, 6.45) is 1.70. The van der Waals surface area contributed by atoms with Gasteiger partial charge < -0.3 is 14.5 Å². The zero-order valence-corrected chi connectivity index (χ0v) is 13.3. The van der Waals surface area contributed by atoms with Gasteiger partial charge in [-0.3, -0.25) is 0 Å². The van der Waals surface area contributed by atoms with Gasteiger partial charge in [0.1, 0.15) is 11.3 Å². The molecule has 1 aromatic carbocycles. The maximum atomic E-state index is 5.89. The Labute approximate surface area is 131 Å². The highest BCUT2D eigenvalue weighted by Crippen LogP contribution is 2.30. The summed E-state index contributed by atoms with van der Waals surface area (Å²) in [6.45, 7) is 2.04. The molecule has 5 heteroatoms. The van der Waals surface area contributed by atoms with Crippen LogP contribution in [0.2, 0.25) is 0 Å². The first-order valence-corrected chi connectivity index (χ1v) is 7.41. The molecule has 0 amide bonds. The Kier molecular flexibility index (Phi) is 3.84. The van der Waals surface area contributed by atoms with Gasteiger partial charge in [0, 0.05) is 16.1 Å². The molecular weight excluding hydrogens is 332 g/mol. The van der Waals surface area contributed by atoms with Crippen LogP contribution in [0.5, 0.6) is 5.88 Å². The third kappa shape index (κ3) is 2.88. The van der Waals surface area contributed by atoms with Gasteiger partial charge in [-0.05, 0) is 43.3 Å². The SMILES string of the molecule is COc1ncccc1NC(C)c1cc2cc(Br)ccc2o1. The second-order valence-corrected chi connectivity index (χ2v) is 5.67. The molecule has 21 heavy (non-hydrogen) atoms. The minimum Gasteiger partial charge on any atom is -0.480 e. The molecule has 0 aliphatic heterocycles.